The second-order valence-electron chi connectivity index (χ2n) is 4.83. The van der Waals surface area contributed by atoms with Crippen molar-refractivity contribution in [3.8, 4) is 0 Å². The molecule has 0 saturated heterocycles. The lowest BCUT2D eigenvalue weighted by Crippen LogP contribution is -2.15. The van der Waals surface area contributed by atoms with Crippen LogP contribution in [-0.2, 0) is 11.2 Å². The molecule has 0 aliphatic rings. The Labute approximate surface area is 132 Å². The van der Waals surface area contributed by atoms with Crippen molar-refractivity contribution in [2.75, 3.05) is 5.32 Å². The van der Waals surface area contributed by atoms with E-state index in [4.69, 9.17) is 0 Å². The SMILES string of the molecule is CCC(C)c1ccccc1NC(=O)Cc1ccc(Br)s1. The van der Waals surface area contributed by atoms with Crippen LogP contribution in [0.3, 0.4) is 0 Å². The lowest BCUT2D eigenvalue weighted by Gasteiger charge is -2.15. The van der Waals surface area contributed by atoms with Gasteiger partial charge in [0.05, 0.1) is 10.2 Å². The molecule has 1 N–H and O–H groups in total. The third-order valence-electron chi connectivity index (χ3n) is 3.34. The van der Waals surface area contributed by atoms with Crippen molar-refractivity contribution in [2.24, 2.45) is 0 Å². The van der Waals surface area contributed by atoms with Crippen molar-refractivity contribution in [1.82, 2.24) is 0 Å². The molecule has 2 aromatic rings. The van der Waals surface area contributed by atoms with Gasteiger partial charge in [-0.15, -0.1) is 11.3 Å². The maximum absolute atomic E-state index is 12.1. The highest BCUT2D eigenvalue weighted by molar-refractivity contribution is 9.11. The van der Waals surface area contributed by atoms with Crippen LogP contribution in [0.25, 0.3) is 0 Å². The quantitative estimate of drug-likeness (QED) is 0.787. The summed E-state index contributed by atoms with van der Waals surface area (Å²) in [6, 6.07) is 12.0. The number of halogens is 1. The summed E-state index contributed by atoms with van der Waals surface area (Å²) in [4.78, 5) is 13.2. The molecule has 0 saturated carbocycles. The highest BCUT2D eigenvalue weighted by atomic mass is 79.9. The number of nitrogens with one attached hydrogen (secondary N) is 1. The summed E-state index contributed by atoms with van der Waals surface area (Å²) in [5.41, 5.74) is 2.14. The van der Waals surface area contributed by atoms with Crippen molar-refractivity contribution in [1.29, 1.82) is 0 Å². The molecular formula is C16H18BrNOS. The van der Waals surface area contributed by atoms with E-state index < -0.39 is 0 Å². The minimum Gasteiger partial charge on any atom is -0.326 e. The Morgan fingerprint density at radius 1 is 1.30 bits per heavy atom. The van der Waals surface area contributed by atoms with E-state index >= 15 is 0 Å². The molecule has 0 fully saturated rings. The number of carbonyl (C=O) groups is 1. The number of hydrogen-bond donors (Lipinski definition) is 1. The predicted molar refractivity (Wildman–Crippen MR) is 89.5 cm³/mol. The third kappa shape index (κ3) is 3.93. The lowest BCUT2D eigenvalue weighted by atomic mass is 9.97. The van der Waals surface area contributed by atoms with E-state index in [1.165, 1.54) is 5.56 Å². The zero-order chi connectivity index (χ0) is 14.5. The molecule has 1 aromatic heterocycles. The van der Waals surface area contributed by atoms with E-state index in [-0.39, 0.29) is 5.91 Å². The van der Waals surface area contributed by atoms with Crippen LogP contribution in [0.5, 0.6) is 0 Å². The van der Waals surface area contributed by atoms with Crippen molar-refractivity contribution in [2.45, 2.75) is 32.6 Å². The van der Waals surface area contributed by atoms with Gasteiger partial charge in [0.2, 0.25) is 5.91 Å². The van der Waals surface area contributed by atoms with Crippen molar-refractivity contribution < 1.29 is 4.79 Å². The van der Waals surface area contributed by atoms with Gasteiger partial charge >= 0.3 is 0 Å². The summed E-state index contributed by atoms with van der Waals surface area (Å²) in [6.45, 7) is 4.34. The smallest absolute Gasteiger partial charge is 0.229 e. The first-order valence-electron chi connectivity index (χ1n) is 6.73. The minimum atomic E-state index is 0.0371. The molecule has 0 bridgehead atoms. The van der Waals surface area contributed by atoms with Crippen LogP contribution in [0.1, 0.15) is 36.6 Å². The normalized spacial score (nSPS) is 12.2. The van der Waals surface area contributed by atoms with Crippen LogP contribution in [-0.4, -0.2) is 5.91 Å². The van der Waals surface area contributed by atoms with Crippen molar-refractivity contribution in [3.63, 3.8) is 0 Å². The van der Waals surface area contributed by atoms with Gasteiger partial charge in [0.25, 0.3) is 0 Å². The van der Waals surface area contributed by atoms with Crippen LogP contribution in [0.4, 0.5) is 5.69 Å². The van der Waals surface area contributed by atoms with E-state index in [0.29, 0.717) is 12.3 Å². The first kappa shape index (κ1) is 15.3. The maximum Gasteiger partial charge on any atom is 0.229 e. The van der Waals surface area contributed by atoms with Crippen LogP contribution in [0.2, 0.25) is 0 Å². The van der Waals surface area contributed by atoms with Crippen LogP contribution in [0, 0.1) is 0 Å². The topological polar surface area (TPSA) is 29.1 Å². The molecule has 1 aromatic carbocycles. The van der Waals surface area contributed by atoms with Crippen LogP contribution >= 0.6 is 27.3 Å². The molecule has 0 aliphatic heterocycles. The highest BCUT2D eigenvalue weighted by Crippen LogP contribution is 2.27. The van der Waals surface area contributed by atoms with E-state index in [0.717, 1.165) is 20.8 Å². The number of anilines is 1. The zero-order valence-corrected chi connectivity index (χ0v) is 14.1. The van der Waals surface area contributed by atoms with E-state index in [1.807, 2.05) is 30.3 Å². The van der Waals surface area contributed by atoms with Gasteiger partial charge < -0.3 is 5.32 Å². The van der Waals surface area contributed by atoms with Crippen LogP contribution in [0.15, 0.2) is 40.2 Å². The number of rotatable bonds is 5. The monoisotopic (exact) mass is 351 g/mol. The summed E-state index contributed by atoms with van der Waals surface area (Å²) in [6.07, 6.45) is 1.48. The average molecular weight is 352 g/mol. The Morgan fingerprint density at radius 3 is 2.70 bits per heavy atom. The van der Waals surface area contributed by atoms with Crippen molar-refractivity contribution in [3.05, 3.63) is 50.6 Å². The van der Waals surface area contributed by atoms with E-state index in [9.17, 15) is 4.79 Å². The summed E-state index contributed by atoms with van der Waals surface area (Å²) >= 11 is 5.01. The highest BCUT2D eigenvalue weighted by Gasteiger charge is 2.12. The Balaban J connectivity index is 2.08. The largest absolute Gasteiger partial charge is 0.326 e. The minimum absolute atomic E-state index is 0.0371. The van der Waals surface area contributed by atoms with Gasteiger partial charge in [0.1, 0.15) is 0 Å². The molecular weight excluding hydrogens is 334 g/mol. The average Bonchev–Trinajstić information content (AvgIpc) is 2.83. The number of carbonyl (C=O) groups excluding carboxylic acids is 1. The Hall–Kier alpha value is -1.13. The van der Waals surface area contributed by atoms with Gasteiger partial charge in [-0.25, -0.2) is 0 Å². The number of thiophene rings is 1. The van der Waals surface area contributed by atoms with Gasteiger partial charge in [0, 0.05) is 10.6 Å². The number of hydrogen-bond acceptors (Lipinski definition) is 2. The molecule has 1 unspecified atom stereocenters. The Kier molecular flexibility index (Phi) is 5.38. The maximum atomic E-state index is 12.1. The van der Waals surface area contributed by atoms with E-state index in [1.54, 1.807) is 11.3 Å². The fourth-order valence-corrected chi connectivity index (χ4v) is 3.54. The first-order valence-corrected chi connectivity index (χ1v) is 8.34. The first-order chi connectivity index (χ1) is 9.60. The summed E-state index contributed by atoms with van der Waals surface area (Å²) < 4.78 is 1.06. The lowest BCUT2D eigenvalue weighted by molar-refractivity contribution is -0.115. The van der Waals surface area contributed by atoms with Gasteiger partial charge in [-0.3, -0.25) is 4.79 Å². The zero-order valence-electron chi connectivity index (χ0n) is 11.7. The summed E-state index contributed by atoms with van der Waals surface area (Å²) in [7, 11) is 0. The van der Waals surface area contributed by atoms with Gasteiger partial charge in [0.15, 0.2) is 0 Å². The third-order valence-corrected chi connectivity index (χ3v) is 4.97. The fraction of sp³-hybridized carbons (Fsp3) is 0.312. The number of amides is 1. The molecule has 106 valence electrons. The second kappa shape index (κ2) is 7.04. The molecule has 1 amide bonds. The molecule has 4 heteroatoms. The fourth-order valence-electron chi connectivity index (χ4n) is 2.06. The standard InChI is InChI=1S/C16H18BrNOS/c1-3-11(2)13-6-4-5-7-14(13)18-16(19)10-12-8-9-15(17)20-12/h4-9,11H,3,10H2,1-2H3,(H,18,19). The molecule has 1 heterocycles. The molecule has 2 rings (SSSR count). The summed E-state index contributed by atoms with van der Waals surface area (Å²) in [5, 5.41) is 3.04. The van der Waals surface area contributed by atoms with Crippen LogP contribution < -0.4 is 5.32 Å². The molecule has 0 aliphatic carbocycles. The number of benzene rings is 1. The van der Waals surface area contributed by atoms with Gasteiger partial charge in [-0.2, -0.15) is 0 Å². The van der Waals surface area contributed by atoms with Gasteiger partial charge in [-0.1, -0.05) is 32.0 Å². The Bertz CT molecular complexity index is 594. The van der Waals surface area contributed by atoms with Crippen molar-refractivity contribution >= 4 is 38.9 Å². The molecule has 0 radical (unpaired) electrons. The molecule has 0 spiro atoms. The summed E-state index contributed by atoms with van der Waals surface area (Å²) in [5.74, 6) is 0.484. The molecule has 2 nitrogen and oxygen atoms in total. The Morgan fingerprint density at radius 2 is 2.05 bits per heavy atom. The molecule has 20 heavy (non-hydrogen) atoms. The molecule has 1 atom stereocenters. The second-order valence-corrected chi connectivity index (χ2v) is 7.37. The van der Waals surface area contributed by atoms with E-state index in [2.05, 4.69) is 41.2 Å². The number of para-hydroxylation sites is 1. The van der Waals surface area contributed by atoms with Gasteiger partial charge in [-0.05, 0) is 52.0 Å². The predicted octanol–water partition coefficient (Wildman–Crippen LogP) is 5.21.